The summed E-state index contributed by atoms with van der Waals surface area (Å²) in [4.78, 5) is 18.2. The Morgan fingerprint density at radius 3 is 2.93 bits per heavy atom. The van der Waals surface area contributed by atoms with Crippen molar-refractivity contribution in [1.29, 1.82) is 5.41 Å². The number of hydrogen-bond donors (Lipinski definition) is 2. The molecule has 1 aromatic carbocycles. The number of aromatic nitrogens is 3. The molecule has 142 valence electrons. The largest absolute Gasteiger partial charge is 0.357 e. The van der Waals surface area contributed by atoms with Gasteiger partial charge in [0.05, 0.1) is 23.6 Å². The third kappa shape index (κ3) is 5.55. The Labute approximate surface area is 158 Å². The first-order valence-corrected chi connectivity index (χ1v) is 9.17. The summed E-state index contributed by atoms with van der Waals surface area (Å²) in [6, 6.07) is 7.16. The van der Waals surface area contributed by atoms with Gasteiger partial charge in [-0.1, -0.05) is 12.1 Å². The van der Waals surface area contributed by atoms with Crippen LogP contribution in [0.3, 0.4) is 0 Å². The van der Waals surface area contributed by atoms with Gasteiger partial charge in [-0.15, -0.1) is 0 Å². The number of aliphatic imine (C=N–C) groups is 1. The average Bonchev–Trinajstić information content (AvgIpc) is 3.23. The lowest BCUT2D eigenvalue weighted by molar-refractivity contribution is 0.0226. The third-order valence-corrected chi connectivity index (χ3v) is 4.26. The highest BCUT2D eigenvalue weighted by Gasteiger charge is 2.13. The van der Waals surface area contributed by atoms with Gasteiger partial charge in [0.15, 0.2) is 0 Å². The summed E-state index contributed by atoms with van der Waals surface area (Å²) in [5, 5.41) is 19.0. The highest BCUT2D eigenvalue weighted by molar-refractivity contribution is 5.98. The van der Waals surface area contributed by atoms with Crippen molar-refractivity contribution in [3.05, 3.63) is 42.2 Å². The van der Waals surface area contributed by atoms with Crippen molar-refractivity contribution in [3.8, 4) is 5.69 Å². The lowest BCUT2D eigenvalue weighted by atomic mass is 10.1. The SMILES string of the molecule is N=C(CC=NC1CCCCO1)CCNC(=O)c1ccccc1-n1nccn1. The molecule has 0 aliphatic carbocycles. The van der Waals surface area contributed by atoms with E-state index in [0.717, 1.165) is 25.9 Å². The van der Waals surface area contributed by atoms with Crippen LogP contribution in [-0.4, -0.2) is 52.2 Å². The number of amides is 1. The Hall–Kier alpha value is -2.87. The van der Waals surface area contributed by atoms with Crippen molar-refractivity contribution >= 4 is 17.8 Å². The molecule has 1 unspecified atom stereocenters. The number of hydrogen-bond acceptors (Lipinski definition) is 6. The second-order valence-corrected chi connectivity index (χ2v) is 6.30. The Bertz CT molecular complexity index is 781. The van der Waals surface area contributed by atoms with E-state index in [-0.39, 0.29) is 12.1 Å². The monoisotopic (exact) mass is 368 g/mol. The molecular formula is C19H24N6O2. The molecule has 27 heavy (non-hydrogen) atoms. The summed E-state index contributed by atoms with van der Waals surface area (Å²) < 4.78 is 5.53. The van der Waals surface area contributed by atoms with Crippen molar-refractivity contribution in [2.45, 2.75) is 38.3 Å². The lowest BCUT2D eigenvalue weighted by Gasteiger charge is -2.18. The van der Waals surface area contributed by atoms with Crippen LogP contribution in [0.15, 0.2) is 41.7 Å². The molecule has 1 aliphatic rings. The maximum Gasteiger partial charge on any atom is 0.253 e. The fourth-order valence-corrected chi connectivity index (χ4v) is 2.83. The molecule has 2 heterocycles. The first-order chi connectivity index (χ1) is 13.2. The molecule has 0 bridgehead atoms. The lowest BCUT2D eigenvalue weighted by Crippen LogP contribution is -2.27. The van der Waals surface area contributed by atoms with E-state index in [0.29, 0.717) is 36.3 Å². The smallest absolute Gasteiger partial charge is 0.253 e. The van der Waals surface area contributed by atoms with Crippen LogP contribution >= 0.6 is 0 Å². The van der Waals surface area contributed by atoms with Crippen molar-refractivity contribution in [2.75, 3.05) is 13.2 Å². The van der Waals surface area contributed by atoms with Crippen LogP contribution in [0.4, 0.5) is 0 Å². The molecule has 8 heteroatoms. The molecule has 1 aliphatic heterocycles. The number of ether oxygens (including phenoxy) is 1. The van der Waals surface area contributed by atoms with Crippen LogP contribution in [0.2, 0.25) is 0 Å². The number of para-hydroxylation sites is 1. The molecule has 1 saturated heterocycles. The van der Waals surface area contributed by atoms with Crippen LogP contribution in [-0.2, 0) is 4.74 Å². The van der Waals surface area contributed by atoms with Crippen molar-refractivity contribution < 1.29 is 9.53 Å². The summed E-state index contributed by atoms with van der Waals surface area (Å²) in [5.74, 6) is -0.208. The summed E-state index contributed by atoms with van der Waals surface area (Å²) in [6.07, 6.45) is 8.96. The van der Waals surface area contributed by atoms with E-state index in [1.165, 1.54) is 4.80 Å². The number of nitrogens with zero attached hydrogens (tertiary/aromatic N) is 4. The van der Waals surface area contributed by atoms with Crippen molar-refractivity contribution in [2.24, 2.45) is 4.99 Å². The molecule has 1 fully saturated rings. The molecule has 2 aromatic rings. The van der Waals surface area contributed by atoms with Crippen molar-refractivity contribution in [3.63, 3.8) is 0 Å². The highest BCUT2D eigenvalue weighted by Crippen LogP contribution is 2.13. The van der Waals surface area contributed by atoms with Gasteiger partial charge < -0.3 is 15.5 Å². The fraction of sp³-hybridized carbons (Fsp3) is 0.421. The minimum Gasteiger partial charge on any atom is -0.357 e. The van der Waals surface area contributed by atoms with Gasteiger partial charge >= 0.3 is 0 Å². The minimum atomic E-state index is -0.208. The average molecular weight is 368 g/mol. The topological polar surface area (TPSA) is 105 Å². The number of benzene rings is 1. The van der Waals surface area contributed by atoms with Gasteiger partial charge in [0.25, 0.3) is 5.91 Å². The van der Waals surface area contributed by atoms with Crippen LogP contribution < -0.4 is 5.32 Å². The van der Waals surface area contributed by atoms with Gasteiger partial charge in [-0.2, -0.15) is 15.0 Å². The standard InChI is InChI=1S/C19H24N6O2/c20-15(8-10-21-18-7-3-4-14-27-18)9-11-22-19(26)16-5-1-2-6-17(16)25-23-12-13-24-25/h1-2,5-6,10,12-13,18,20H,3-4,7-9,11,14H2,(H,22,26). The summed E-state index contributed by atoms with van der Waals surface area (Å²) in [6.45, 7) is 1.16. The van der Waals surface area contributed by atoms with Crippen LogP contribution in [0, 0.1) is 5.41 Å². The molecule has 3 rings (SSSR count). The van der Waals surface area contributed by atoms with Gasteiger partial charge in [-0.25, -0.2) is 0 Å². The highest BCUT2D eigenvalue weighted by atomic mass is 16.5. The Morgan fingerprint density at radius 2 is 2.15 bits per heavy atom. The second-order valence-electron chi connectivity index (χ2n) is 6.30. The predicted molar refractivity (Wildman–Crippen MR) is 103 cm³/mol. The van der Waals surface area contributed by atoms with E-state index < -0.39 is 0 Å². The van der Waals surface area contributed by atoms with E-state index in [4.69, 9.17) is 10.1 Å². The molecule has 8 nitrogen and oxygen atoms in total. The first-order valence-electron chi connectivity index (χ1n) is 9.17. The molecule has 0 radical (unpaired) electrons. The minimum absolute atomic E-state index is 0.0568. The molecule has 2 N–H and O–H groups in total. The predicted octanol–water partition coefficient (Wildman–Crippen LogP) is 2.39. The molecule has 1 atom stereocenters. The Morgan fingerprint density at radius 1 is 1.33 bits per heavy atom. The van der Waals surface area contributed by atoms with Gasteiger partial charge in [-0.3, -0.25) is 9.79 Å². The quantitative estimate of drug-likeness (QED) is 0.698. The number of nitrogens with one attached hydrogen (secondary N) is 2. The van der Waals surface area contributed by atoms with Crippen LogP contribution in [0.25, 0.3) is 5.69 Å². The number of carbonyl (C=O) groups excluding carboxylic acids is 1. The van der Waals surface area contributed by atoms with E-state index >= 15 is 0 Å². The van der Waals surface area contributed by atoms with Crippen LogP contribution in [0.1, 0.15) is 42.5 Å². The maximum atomic E-state index is 12.5. The second kappa shape index (κ2) is 9.72. The molecular weight excluding hydrogens is 344 g/mol. The first kappa shape index (κ1) is 18.9. The van der Waals surface area contributed by atoms with E-state index in [1.807, 2.05) is 6.07 Å². The summed E-state index contributed by atoms with van der Waals surface area (Å²) in [7, 11) is 0. The Kier molecular flexibility index (Phi) is 6.81. The normalized spacial score (nSPS) is 17.1. The number of rotatable bonds is 8. The van der Waals surface area contributed by atoms with Crippen molar-refractivity contribution in [1.82, 2.24) is 20.3 Å². The number of carbonyl (C=O) groups is 1. The van der Waals surface area contributed by atoms with E-state index in [1.54, 1.807) is 36.8 Å². The zero-order chi connectivity index (χ0) is 18.9. The van der Waals surface area contributed by atoms with E-state index in [9.17, 15) is 4.79 Å². The maximum absolute atomic E-state index is 12.5. The van der Waals surface area contributed by atoms with E-state index in [2.05, 4.69) is 20.5 Å². The van der Waals surface area contributed by atoms with Gasteiger partial charge in [-0.05, 0) is 31.4 Å². The van der Waals surface area contributed by atoms with Gasteiger partial charge in [0.2, 0.25) is 0 Å². The zero-order valence-electron chi connectivity index (χ0n) is 15.2. The van der Waals surface area contributed by atoms with Crippen LogP contribution in [0.5, 0.6) is 0 Å². The molecule has 1 aromatic heterocycles. The summed E-state index contributed by atoms with van der Waals surface area (Å²) in [5.41, 5.74) is 1.64. The van der Waals surface area contributed by atoms with Gasteiger partial charge in [0.1, 0.15) is 6.23 Å². The van der Waals surface area contributed by atoms with Gasteiger partial charge in [0, 0.05) is 37.9 Å². The fourth-order valence-electron chi connectivity index (χ4n) is 2.83. The molecule has 0 spiro atoms. The Balaban J connectivity index is 1.44. The summed E-state index contributed by atoms with van der Waals surface area (Å²) >= 11 is 0. The third-order valence-electron chi connectivity index (χ3n) is 4.26. The molecule has 0 saturated carbocycles. The molecule has 1 amide bonds. The zero-order valence-corrected chi connectivity index (χ0v) is 15.2.